The van der Waals surface area contributed by atoms with Gasteiger partial charge >= 0.3 is 0 Å². The molecule has 0 fully saturated rings. The van der Waals surface area contributed by atoms with Crippen molar-refractivity contribution in [2.24, 2.45) is 5.73 Å². The van der Waals surface area contributed by atoms with Gasteiger partial charge < -0.3 is 11.1 Å². The summed E-state index contributed by atoms with van der Waals surface area (Å²) >= 11 is 0. The highest BCUT2D eigenvalue weighted by Crippen LogP contribution is 2.20. The van der Waals surface area contributed by atoms with Gasteiger partial charge in [0.05, 0.1) is 17.1 Å². The molecule has 2 heterocycles. The molecular weight excluding hydrogens is 325 g/mol. The van der Waals surface area contributed by atoms with Gasteiger partial charge in [0, 0.05) is 18.3 Å². The number of nitrogens with two attached hydrogens (primary N) is 1. The lowest BCUT2D eigenvalue weighted by atomic mass is 10.1. The number of fused-ring (bicyclic) bond motifs is 1. The number of rotatable bonds is 5. The third-order valence-electron chi connectivity index (χ3n) is 3.10. The predicted molar refractivity (Wildman–Crippen MR) is 93.2 cm³/mol. The molecule has 2 aromatic rings. The summed E-state index contributed by atoms with van der Waals surface area (Å²) in [7, 11) is 0. The maximum Gasteiger partial charge on any atom is 0.252 e. The first-order valence-corrected chi connectivity index (χ1v) is 6.87. The van der Waals surface area contributed by atoms with Crippen molar-refractivity contribution in [2.75, 3.05) is 13.1 Å². The third kappa shape index (κ3) is 4.32. The van der Waals surface area contributed by atoms with E-state index >= 15 is 0 Å². The Balaban J connectivity index is 0.00000220. The van der Waals surface area contributed by atoms with Crippen molar-refractivity contribution in [3.8, 4) is 0 Å². The number of aromatic nitrogens is 3. The zero-order valence-electron chi connectivity index (χ0n) is 13.0. The highest BCUT2D eigenvalue weighted by molar-refractivity contribution is 6.05. The molecule has 0 spiro atoms. The summed E-state index contributed by atoms with van der Waals surface area (Å²) in [6, 6.07) is 2.00. The number of pyridine rings is 1. The van der Waals surface area contributed by atoms with E-state index in [0.29, 0.717) is 18.7 Å². The molecular formula is C14H23Cl2N5O. The van der Waals surface area contributed by atoms with Crippen LogP contribution in [0.1, 0.15) is 42.4 Å². The second-order valence-corrected chi connectivity index (χ2v) is 5.13. The van der Waals surface area contributed by atoms with Gasteiger partial charge in [-0.25, -0.2) is 9.67 Å². The molecule has 2 aromatic heterocycles. The van der Waals surface area contributed by atoms with Gasteiger partial charge in [0.25, 0.3) is 5.91 Å². The Morgan fingerprint density at radius 3 is 2.68 bits per heavy atom. The minimum Gasteiger partial charge on any atom is -0.352 e. The SMILES string of the molecule is Cc1cc(C(=O)NCCCN)c2cnn(C(C)C)c2n1.Cl.Cl. The normalized spacial score (nSPS) is 10.2. The van der Waals surface area contributed by atoms with Crippen LogP contribution in [0.4, 0.5) is 0 Å². The highest BCUT2D eigenvalue weighted by atomic mass is 35.5. The predicted octanol–water partition coefficient (Wildman–Crippen LogP) is 2.24. The standard InChI is InChI=1S/C14H21N5O.2ClH/c1-9(2)19-13-12(8-17-19)11(7-10(3)18-13)14(20)16-6-4-5-15;;/h7-9H,4-6,15H2,1-3H3,(H,16,20);2*1H. The first kappa shape index (κ1) is 20.6. The molecule has 124 valence electrons. The van der Waals surface area contributed by atoms with Gasteiger partial charge in [-0.15, -0.1) is 24.8 Å². The zero-order chi connectivity index (χ0) is 14.7. The Kier molecular flexibility index (Phi) is 8.37. The molecule has 0 aromatic carbocycles. The first-order chi connectivity index (χ1) is 9.54. The summed E-state index contributed by atoms with van der Waals surface area (Å²) in [4.78, 5) is 16.7. The molecule has 0 bridgehead atoms. The van der Waals surface area contributed by atoms with Crippen molar-refractivity contribution in [3.63, 3.8) is 0 Å². The molecule has 3 N–H and O–H groups in total. The molecule has 2 rings (SSSR count). The number of nitrogens with one attached hydrogen (secondary N) is 1. The largest absolute Gasteiger partial charge is 0.352 e. The number of amides is 1. The molecule has 22 heavy (non-hydrogen) atoms. The van der Waals surface area contributed by atoms with Crippen molar-refractivity contribution in [3.05, 3.63) is 23.5 Å². The summed E-state index contributed by atoms with van der Waals surface area (Å²) in [5.74, 6) is -0.0998. The van der Waals surface area contributed by atoms with Crippen LogP contribution in [0.5, 0.6) is 0 Å². The van der Waals surface area contributed by atoms with Gasteiger partial charge in [0.2, 0.25) is 0 Å². The molecule has 6 nitrogen and oxygen atoms in total. The van der Waals surface area contributed by atoms with Crippen LogP contribution in [-0.4, -0.2) is 33.8 Å². The summed E-state index contributed by atoms with van der Waals surface area (Å²) in [6.45, 7) is 7.11. The van der Waals surface area contributed by atoms with E-state index < -0.39 is 0 Å². The van der Waals surface area contributed by atoms with Crippen LogP contribution in [0.2, 0.25) is 0 Å². The van der Waals surface area contributed by atoms with Gasteiger partial charge in [-0.2, -0.15) is 5.10 Å². The molecule has 0 saturated heterocycles. The number of hydrogen-bond donors (Lipinski definition) is 2. The monoisotopic (exact) mass is 347 g/mol. The summed E-state index contributed by atoms with van der Waals surface area (Å²) in [5, 5.41) is 7.99. The van der Waals surface area contributed by atoms with Crippen molar-refractivity contribution in [2.45, 2.75) is 33.2 Å². The summed E-state index contributed by atoms with van der Waals surface area (Å²) in [6.07, 6.45) is 2.48. The maximum absolute atomic E-state index is 12.2. The Morgan fingerprint density at radius 1 is 1.41 bits per heavy atom. The van der Waals surface area contributed by atoms with Gasteiger partial charge in [-0.05, 0) is 39.8 Å². The maximum atomic E-state index is 12.2. The lowest BCUT2D eigenvalue weighted by Gasteiger charge is -2.09. The van der Waals surface area contributed by atoms with Crippen LogP contribution in [0.3, 0.4) is 0 Å². The first-order valence-electron chi connectivity index (χ1n) is 6.87. The van der Waals surface area contributed by atoms with Gasteiger partial charge in [0.1, 0.15) is 0 Å². The molecule has 0 aliphatic rings. The molecule has 8 heteroatoms. The summed E-state index contributed by atoms with van der Waals surface area (Å²) < 4.78 is 1.83. The van der Waals surface area contributed by atoms with Crippen LogP contribution in [-0.2, 0) is 0 Å². The number of carbonyl (C=O) groups excluding carboxylic acids is 1. The van der Waals surface area contributed by atoms with Crippen LogP contribution >= 0.6 is 24.8 Å². The van der Waals surface area contributed by atoms with Crippen LogP contribution in [0, 0.1) is 6.92 Å². The topological polar surface area (TPSA) is 85.8 Å². The summed E-state index contributed by atoms with van der Waals surface area (Å²) in [5.41, 5.74) is 7.61. The fraction of sp³-hybridized carbons (Fsp3) is 0.500. The average Bonchev–Trinajstić information content (AvgIpc) is 2.81. The van der Waals surface area contributed by atoms with Crippen LogP contribution < -0.4 is 11.1 Å². The van der Waals surface area contributed by atoms with E-state index in [1.54, 1.807) is 12.3 Å². The lowest BCUT2D eigenvalue weighted by molar-refractivity contribution is 0.0955. The van der Waals surface area contributed by atoms with E-state index in [1.807, 2.05) is 25.5 Å². The van der Waals surface area contributed by atoms with Crippen LogP contribution in [0.15, 0.2) is 12.3 Å². The highest BCUT2D eigenvalue weighted by Gasteiger charge is 2.16. The minimum atomic E-state index is -0.0998. The van der Waals surface area contributed by atoms with Crippen molar-refractivity contribution in [1.29, 1.82) is 0 Å². The van der Waals surface area contributed by atoms with E-state index in [2.05, 4.69) is 15.4 Å². The Bertz CT molecular complexity index is 627. The second-order valence-electron chi connectivity index (χ2n) is 5.13. The number of hydrogen-bond acceptors (Lipinski definition) is 4. The van der Waals surface area contributed by atoms with Gasteiger partial charge in [0.15, 0.2) is 5.65 Å². The average molecular weight is 348 g/mol. The van der Waals surface area contributed by atoms with Gasteiger partial charge in [-0.1, -0.05) is 0 Å². The Hall–Kier alpha value is -1.37. The number of aryl methyl sites for hydroxylation is 1. The minimum absolute atomic E-state index is 0. The smallest absolute Gasteiger partial charge is 0.252 e. The van der Waals surface area contributed by atoms with Crippen molar-refractivity contribution in [1.82, 2.24) is 20.1 Å². The quantitative estimate of drug-likeness (QED) is 0.812. The van der Waals surface area contributed by atoms with Crippen molar-refractivity contribution >= 4 is 41.8 Å². The van der Waals surface area contributed by atoms with Crippen LogP contribution in [0.25, 0.3) is 11.0 Å². The Labute approximate surface area is 142 Å². The van der Waals surface area contributed by atoms with E-state index in [0.717, 1.165) is 23.1 Å². The molecule has 0 unspecified atom stereocenters. The molecule has 0 atom stereocenters. The fourth-order valence-corrected chi connectivity index (χ4v) is 2.11. The number of halogens is 2. The van der Waals surface area contributed by atoms with E-state index in [4.69, 9.17) is 5.73 Å². The molecule has 0 aliphatic heterocycles. The van der Waals surface area contributed by atoms with E-state index in [1.165, 1.54) is 0 Å². The number of nitrogens with zero attached hydrogens (tertiary/aromatic N) is 3. The van der Waals surface area contributed by atoms with Gasteiger partial charge in [-0.3, -0.25) is 4.79 Å². The zero-order valence-corrected chi connectivity index (χ0v) is 14.6. The van der Waals surface area contributed by atoms with E-state index in [-0.39, 0.29) is 36.8 Å². The lowest BCUT2D eigenvalue weighted by Crippen LogP contribution is -2.26. The third-order valence-corrected chi connectivity index (χ3v) is 3.10. The molecule has 0 aliphatic carbocycles. The molecule has 0 radical (unpaired) electrons. The second kappa shape index (κ2) is 8.92. The van der Waals surface area contributed by atoms with Crippen molar-refractivity contribution < 1.29 is 4.79 Å². The Morgan fingerprint density at radius 2 is 2.09 bits per heavy atom. The molecule has 1 amide bonds. The van der Waals surface area contributed by atoms with E-state index in [9.17, 15) is 4.79 Å². The molecule has 0 saturated carbocycles. The fourth-order valence-electron chi connectivity index (χ4n) is 2.11. The number of carbonyl (C=O) groups is 1.